The molecule has 0 amide bonds. The maximum atomic E-state index is 10.9. The van der Waals surface area contributed by atoms with Crippen LogP contribution >= 0.6 is 0 Å². The van der Waals surface area contributed by atoms with E-state index >= 15 is 0 Å². The molecule has 4 saturated carbocycles. The molecule has 41 heavy (non-hydrogen) atoms. The molecule has 8 heteroatoms. The lowest BCUT2D eigenvalue weighted by Crippen LogP contribution is -2.65. The highest BCUT2D eigenvalue weighted by Gasteiger charge is 2.71. The fourth-order valence-corrected chi connectivity index (χ4v) is 11.9. The quantitative estimate of drug-likeness (QED) is 0.367. The molecule has 7 aliphatic rings. The highest BCUT2D eigenvalue weighted by molar-refractivity contribution is 5.18. The summed E-state index contributed by atoms with van der Waals surface area (Å²) in [6, 6.07) is 0. The molecule has 0 unspecified atom stereocenters. The lowest BCUT2D eigenvalue weighted by atomic mass is 9.39. The largest absolute Gasteiger partial charge is 0.393 e. The minimum Gasteiger partial charge on any atom is -0.393 e. The Morgan fingerprint density at radius 1 is 0.805 bits per heavy atom. The molecule has 17 atom stereocenters. The second-order valence-corrected chi connectivity index (χ2v) is 16.2. The lowest BCUT2D eigenvalue weighted by molar-refractivity contribution is -0.321. The Labute approximate surface area is 245 Å². The molecule has 234 valence electrons. The first-order valence-electron chi connectivity index (χ1n) is 16.6. The Kier molecular flexibility index (Phi) is 7.05. The number of hydrogen-bond acceptors (Lipinski definition) is 8. The Morgan fingerprint density at radius 2 is 1.59 bits per heavy atom. The number of ether oxygens (including phenoxy) is 4. The van der Waals surface area contributed by atoms with Gasteiger partial charge in [0, 0.05) is 17.8 Å². The zero-order valence-corrected chi connectivity index (χ0v) is 25.7. The van der Waals surface area contributed by atoms with Crippen molar-refractivity contribution in [1.29, 1.82) is 0 Å². The zero-order chi connectivity index (χ0) is 29.1. The Balaban J connectivity index is 1.19. The fourth-order valence-electron chi connectivity index (χ4n) is 11.9. The van der Waals surface area contributed by atoms with E-state index in [1.54, 1.807) is 0 Å². The van der Waals surface area contributed by atoms with Crippen LogP contribution in [-0.4, -0.2) is 82.3 Å². The molecule has 1 spiro atoms. The number of hydrogen-bond donors (Lipinski definition) is 4. The van der Waals surface area contributed by atoms with Gasteiger partial charge in [0.1, 0.15) is 18.3 Å². The molecule has 0 aromatic carbocycles. The van der Waals surface area contributed by atoms with E-state index < -0.39 is 30.4 Å². The third-order valence-electron chi connectivity index (χ3n) is 14.4. The summed E-state index contributed by atoms with van der Waals surface area (Å²) in [7, 11) is 0. The highest BCUT2D eigenvalue weighted by Crippen LogP contribution is 2.73. The molecule has 0 radical (unpaired) electrons. The van der Waals surface area contributed by atoms with Crippen molar-refractivity contribution in [3.63, 3.8) is 0 Å². The topological polar surface area (TPSA) is 118 Å². The van der Waals surface area contributed by atoms with Gasteiger partial charge in [-0.05, 0) is 91.8 Å². The van der Waals surface area contributed by atoms with Crippen LogP contribution in [0.5, 0.6) is 0 Å². The first kappa shape index (κ1) is 29.4. The molecule has 3 saturated heterocycles. The molecule has 4 aliphatic carbocycles. The standard InChI is InChI=1S/C33H54O8/c1-17-6-11-33(39-15-17)18(2)26-24(41-33)13-22-20-12-25(40-29-28(37)27(36)23(35)16-38-29)32(5)14-19(34)7-10-31(32,4)21(20)8-9-30(22,26)3/h17-29,34-37H,6-16H2,1-5H3/t17-,18-,19+,20+,21-,22-,23+,24+,25-,26-,27-,28+,29-,30-,31+,32+,33+/m0/s1. The van der Waals surface area contributed by atoms with E-state index in [1.807, 2.05) is 0 Å². The van der Waals surface area contributed by atoms with Crippen molar-refractivity contribution in [2.75, 3.05) is 13.2 Å². The molecular weight excluding hydrogens is 524 g/mol. The fraction of sp³-hybridized carbons (Fsp3) is 1.00. The van der Waals surface area contributed by atoms with Crippen molar-refractivity contribution in [3.8, 4) is 0 Å². The summed E-state index contributed by atoms with van der Waals surface area (Å²) in [5.74, 6) is 2.53. The number of aliphatic hydroxyl groups excluding tert-OH is 4. The first-order valence-corrected chi connectivity index (χ1v) is 16.6. The van der Waals surface area contributed by atoms with Crippen LogP contribution in [0.1, 0.15) is 92.4 Å². The van der Waals surface area contributed by atoms with Gasteiger partial charge in [0.25, 0.3) is 0 Å². The second kappa shape index (κ2) is 9.84. The minimum absolute atomic E-state index is 0.0209. The predicted octanol–water partition coefficient (Wildman–Crippen LogP) is 3.62. The van der Waals surface area contributed by atoms with Gasteiger partial charge < -0.3 is 39.4 Å². The van der Waals surface area contributed by atoms with Crippen molar-refractivity contribution in [2.24, 2.45) is 51.8 Å². The molecule has 0 bridgehead atoms. The van der Waals surface area contributed by atoms with Gasteiger partial charge in [0.15, 0.2) is 12.1 Å². The number of rotatable bonds is 2. The third-order valence-corrected chi connectivity index (χ3v) is 14.4. The molecular formula is C33H54O8. The molecule has 3 heterocycles. The SMILES string of the molecule is C[C@H]1CC[C@@]2(OC1)O[C@@H]1C[C@H]3[C@@H]4C[C@H](O[C@@H]5OC[C@@H](O)[C@H](O)[C@H]5O)[C@@]5(C)C[C@H](O)CC[C@]5(C)[C@H]4CC[C@]3(C)[C@H]1[C@@H]2C. The zero-order valence-electron chi connectivity index (χ0n) is 25.7. The molecule has 0 aromatic rings. The first-order chi connectivity index (χ1) is 19.3. The van der Waals surface area contributed by atoms with E-state index in [2.05, 4.69) is 34.6 Å². The van der Waals surface area contributed by atoms with Crippen LogP contribution in [0.15, 0.2) is 0 Å². The average Bonchev–Trinajstić information content (AvgIpc) is 3.37. The monoisotopic (exact) mass is 578 g/mol. The molecule has 0 aromatic heterocycles. The predicted molar refractivity (Wildman–Crippen MR) is 150 cm³/mol. The van der Waals surface area contributed by atoms with Gasteiger partial charge in [-0.2, -0.15) is 0 Å². The lowest BCUT2D eigenvalue weighted by Gasteiger charge is -2.67. The summed E-state index contributed by atoms with van der Waals surface area (Å²) in [6.07, 6.45) is 3.75. The molecule has 7 fully saturated rings. The van der Waals surface area contributed by atoms with Crippen LogP contribution < -0.4 is 0 Å². The maximum Gasteiger partial charge on any atom is 0.186 e. The highest BCUT2D eigenvalue weighted by atomic mass is 16.7. The van der Waals surface area contributed by atoms with E-state index in [9.17, 15) is 20.4 Å². The van der Waals surface area contributed by atoms with Crippen molar-refractivity contribution >= 4 is 0 Å². The van der Waals surface area contributed by atoms with Crippen LogP contribution in [0, 0.1) is 51.8 Å². The van der Waals surface area contributed by atoms with E-state index in [1.165, 1.54) is 12.8 Å². The summed E-state index contributed by atoms with van der Waals surface area (Å²) in [5.41, 5.74) is -0.142. The van der Waals surface area contributed by atoms with Gasteiger partial charge in [-0.15, -0.1) is 0 Å². The normalized spacial score (nSPS) is 62.1. The smallest absolute Gasteiger partial charge is 0.186 e. The number of aliphatic hydroxyl groups is 4. The van der Waals surface area contributed by atoms with Crippen LogP contribution in [0.2, 0.25) is 0 Å². The van der Waals surface area contributed by atoms with Crippen LogP contribution in [-0.2, 0) is 18.9 Å². The Bertz CT molecular complexity index is 1000. The molecule has 8 nitrogen and oxygen atoms in total. The average molecular weight is 579 g/mol. The summed E-state index contributed by atoms with van der Waals surface area (Å²) >= 11 is 0. The van der Waals surface area contributed by atoms with Crippen molar-refractivity contribution in [3.05, 3.63) is 0 Å². The summed E-state index contributed by atoms with van der Waals surface area (Å²) in [6.45, 7) is 12.6. The summed E-state index contributed by atoms with van der Waals surface area (Å²) in [5, 5.41) is 42.1. The number of fused-ring (bicyclic) bond motifs is 7. The molecule has 3 aliphatic heterocycles. The van der Waals surface area contributed by atoms with E-state index in [0.29, 0.717) is 41.9 Å². The van der Waals surface area contributed by atoms with Crippen molar-refractivity contribution < 1.29 is 39.4 Å². The van der Waals surface area contributed by atoms with Crippen LogP contribution in [0.4, 0.5) is 0 Å². The third kappa shape index (κ3) is 4.07. The molecule has 4 N–H and O–H groups in total. The van der Waals surface area contributed by atoms with Gasteiger partial charge in [0.2, 0.25) is 0 Å². The minimum atomic E-state index is -1.31. The van der Waals surface area contributed by atoms with E-state index in [4.69, 9.17) is 18.9 Å². The van der Waals surface area contributed by atoms with Gasteiger partial charge in [-0.3, -0.25) is 0 Å². The Morgan fingerprint density at radius 3 is 2.32 bits per heavy atom. The van der Waals surface area contributed by atoms with E-state index in [-0.39, 0.29) is 41.2 Å². The molecule has 7 rings (SSSR count). The Hall–Kier alpha value is -0.320. The second-order valence-electron chi connectivity index (χ2n) is 16.2. The maximum absolute atomic E-state index is 10.9. The van der Waals surface area contributed by atoms with Crippen molar-refractivity contribution in [1.82, 2.24) is 0 Å². The summed E-state index contributed by atoms with van der Waals surface area (Å²) < 4.78 is 25.9. The van der Waals surface area contributed by atoms with Gasteiger partial charge >= 0.3 is 0 Å². The van der Waals surface area contributed by atoms with E-state index in [0.717, 1.165) is 45.1 Å². The van der Waals surface area contributed by atoms with Gasteiger partial charge in [-0.1, -0.05) is 34.6 Å². The van der Waals surface area contributed by atoms with Gasteiger partial charge in [-0.25, -0.2) is 0 Å². The summed E-state index contributed by atoms with van der Waals surface area (Å²) in [4.78, 5) is 0. The van der Waals surface area contributed by atoms with Crippen LogP contribution in [0.25, 0.3) is 0 Å². The van der Waals surface area contributed by atoms with Gasteiger partial charge in [0.05, 0.1) is 31.5 Å². The van der Waals surface area contributed by atoms with Crippen LogP contribution in [0.3, 0.4) is 0 Å². The van der Waals surface area contributed by atoms with Crippen molar-refractivity contribution in [2.45, 2.75) is 141 Å².